The summed E-state index contributed by atoms with van der Waals surface area (Å²) in [6.45, 7) is 10.4. The fraction of sp³-hybridized carbons (Fsp3) is 0.611. The second kappa shape index (κ2) is 7.25. The van der Waals surface area contributed by atoms with Crippen LogP contribution in [0.4, 0.5) is 0 Å². The van der Waals surface area contributed by atoms with Gasteiger partial charge >= 0.3 is 0 Å². The number of benzene rings is 1. The fourth-order valence-electron chi connectivity index (χ4n) is 3.12. The van der Waals surface area contributed by atoms with Crippen LogP contribution in [-0.4, -0.2) is 47.4 Å². The molecule has 0 saturated carbocycles. The van der Waals surface area contributed by atoms with Crippen LogP contribution in [0.1, 0.15) is 37.8 Å². The topological polar surface area (TPSA) is 49.6 Å². The minimum absolute atomic E-state index is 0.102. The SMILES string of the molecule is CCCC(C)(N)C(=O)N1CCN(Cc2ccccc2C)CC1. The van der Waals surface area contributed by atoms with Crippen molar-refractivity contribution < 1.29 is 4.79 Å². The lowest BCUT2D eigenvalue weighted by Crippen LogP contribution is -2.58. The van der Waals surface area contributed by atoms with Crippen LogP contribution in [0.15, 0.2) is 24.3 Å². The highest BCUT2D eigenvalue weighted by Crippen LogP contribution is 2.16. The predicted molar refractivity (Wildman–Crippen MR) is 90.5 cm³/mol. The van der Waals surface area contributed by atoms with Crippen molar-refractivity contribution in [2.45, 2.75) is 45.7 Å². The molecule has 1 aromatic carbocycles. The summed E-state index contributed by atoms with van der Waals surface area (Å²) in [4.78, 5) is 16.9. The molecule has 1 aromatic rings. The highest BCUT2D eigenvalue weighted by atomic mass is 16.2. The third kappa shape index (κ3) is 4.08. The first kappa shape index (κ1) is 17.0. The van der Waals surface area contributed by atoms with Gasteiger partial charge in [-0.05, 0) is 31.4 Å². The van der Waals surface area contributed by atoms with Crippen LogP contribution in [0.25, 0.3) is 0 Å². The van der Waals surface area contributed by atoms with Gasteiger partial charge in [0.1, 0.15) is 0 Å². The predicted octanol–water partition coefficient (Wildman–Crippen LogP) is 2.16. The van der Waals surface area contributed by atoms with E-state index in [-0.39, 0.29) is 5.91 Å². The molecule has 22 heavy (non-hydrogen) atoms. The maximum absolute atomic E-state index is 12.5. The lowest BCUT2D eigenvalue weighted by molar-refractivity contribution is -0.138. The monoisotopic (exact) mass is 303 g/mol. The molecular weight excluding hydrogens is 274 g/mol. The summed E-state index contributed by atoms with van der Waals surface area (Å²) >= 11 is 0. The summed E-state index contributed by atoms with van der Waals surface area (Å²) in [7, 11) is 0. The Kier molecular flexibility index (Phi) is 5.59. The number of carbonyl (C=O) groups excluding carboxylic acids is 1. The molecule has 1 saturated heterocycles. The van der Waals surface area contributed by atoms with Crippen molar-refractivity contribution >= 4 is 5.91 Å². The van der Waals surface area contributed by atoms with E-state index in [0.717, 1.165) is 45.6 Å². The highest BCUT2D eigenvalue weighted by Gasteiger charge is 2.33. The van der Waals surface area contributed by atoms with Crippen molar-refractivity contribution in [2.75, 3.05) is 26.2 Å². The van der Waals surface area contributed by atoms with Gasteiger partial charge in [-0.3, -0.25) is 9.69 Å². The number of aryl methyl sites for hydroxylation is 1. The van der Waals surface area contributed by atoms with Gasteiger partial charge in [-0.15, -0.1) is 0 Å². The molecule has 1 amide bonds. The van der Waals surface area contributed by atoms with E-state index >= 15 is 0 Å². The molecule has 2 rings (SSSR count). The molecular formula is C18H29N3O. The molecule has 1 heterocycles. The van der Waals surface area contributed by atoms with Crippen molar-refractivity contribution in [3.05, 3.63) is 35.4 Å². The zero-order valence-electron chi connectivity index (χ0n) is 14.1. The Hall–Kier alpha value is -1.39. The first-order chi connectivity index (χ1) is 10.4. The summed E-state index contributed by atoms with van der Waals surface area (Å²) in [5, 5.41) is 0. The fourth-order valence-corrected chi connectivity index (χ4v) is 3.12. The van der Waals surface area contributed by atoms with E-state index in [4.69, 9.17) is 5.73 Å². The number of nitrogens with zero attached hydrogens (tertiary/aromatic N) is 2. The van der Waals surface area contributed by atoms with E-state index in [9.17, 15) is 4.79 Å². The van der Waals surface area contributed by atoms with E-state index in [1.807, 2.05) is 11.8 Å². The van der Waals surface area contributed by atoms with Crippen LogP contribution in [-0.2, 0) is 11.3 Å². The number of rotatable bonds is 5. The number of hydrogen-bond donors (Lipinski definition) is 1. The van der Waals surface area contributed by atoms with E-state index < -0.39 is 5.54 Å². The van der Waals surface area contributed by atoms with Crippen molar-refractivity contribution in [3.63, 3.8) is 0 Å². The van der Waals surface area contributed by atoms with E-state index in [1.54, 1.807) is 0 Å². The summed E-state index contributed by atoms with van der Waals surface area (Å²) < 4.78 is 0. The number of piperazine rings is 1. The second-order valence-corrected chi connectivity index (χ2v) is 6.66. The zero-order valence-corrected chi connectivity index (χ0v) is 14.1. The smallest absolute Gasteiger partial charge is 0.242 e. The van der Waals surface area contributed by atoms with Crippen LogP contribution in [0.3, 0.4) is 0 Å². The Morgan fingerprint density at radius 1 is 1.23 bits per heavy atom. The maximum atomic E-state index is 12.5. The Labute approximate surface area is 134 Å². The average Bonchev–Trinajstić information content (AvgIpc) is 2.49. The molecule has 0 bridgehead atoms. The van der Waals surface area contributed by atoms with E-state index in [2.05, 4.69) is 43.0 Å². The second-order valence-electron chi connectivity index (χ2n) is 6.66. The molecule has 122 valence electrons. The van der Waals surface area contributed by atoms with Crippen LogP contribution >= 0.6 is 0 Å². The van der Waals surface area contributed by atoms with Gasteiger partial charge in [-0.2, -0.15) is 0 Å². The Bertz CT molecular complexity index is 505. The highest BCUT2D eigenvalue weighted by molar-refractivity contribution is 5.85. The average molecular weight is 303 g/mol. The maximum Gasteiger partial charge on any atom is 0.242 e. The molecule has 4 nitrogen and oxygen atoms in total. The number of hydrogen-bond acceptors (Lipinski definition) is 3. The van der Waals surface area contributed by atoms with Crippen LogP contribution < -0.4 is 5.73 Å². The van der Waals surface area contributed by atoms with Gasteiger partial charge in [0, 0.05) is 32.7 Å². The van der Waals surface area contributed by atoms with Gasteiger partial charge in [0.2, 0.25) is 5.91 Å². The van der Waals surface area contributed by atoms with Gasteiger partial charge in [-0.25, -0.2) is 0 Å². The summed E-state index contributed by atoms with van der Waals surface area (Å²) in [6, 6.07) is 8.50. The molecule has 1 fully saturated rings. The van der Waals surface area contributed by atoms with Gasteiger partial charge in [0.05, 0.1) is 5.54 Å². The quantitative estimate of drug-likeness (QED) is 0.907. The number of amides is 1. The van der Waals surface area contributed by atoms with E-state index in [0.29, 0.717) is 0 Å². The summed E-state index contributed by atoms with van der Waals surface area (Å²) in [5.41, 5.74) is 8.16. The summed E-state index contributed by atoms with van der Waals surface area (Å²) in [6.07, 6.45) is 1.68. The first-order valence-electron chi connectivity index (χ1n) is 8.29. The Morgan fingerprint density at radius 2 is 1.86 bits per heavy atom. The van der Waals surface area contributed by atoms with Gasteiger partial charge in [0.15, 0.2) is 0 Å². The van der Waals surface area contributed by atoms with Gasteiger partial charge in [-0.1, -0.05) is 37.6 Å². The molecule has 4 heteroatoms. The van der Waals surface area contributed by atoms with Gasteiger partial charge < -0.3 is 10.6 Å². The van der Waals surface area contributed by atoms with Crippen LogP contribution in [0.2, 0.25) is 0 Å². The molecule has 1 aliphatic heterocycles. The van der Waals surface area contributed by atoms with Crippen LogP contribution in [0.5, 0.6) is 0 Å². The molecule has 0 aliphatic carbocycles. The van der Waals surface area contributed by atoms with E-state index in [1.165, 1.54) is 11.1 Å². The van der Waals surface area contributed by atoms with Crippen molar-refractivity contribution in [1.29, 1.82) is 0 Å². The lowest BCUT2D eigenvalue weighted by Gasteiger charge is -2.38. The Morgan fingerprint density at radius 3 is 2.45 bits per heavy atom. The molecule has 1 unspecified atom stereocenters. The lowest BCUT2D eigenvalue weighted by atomic mass is 9.95. The third-order valence-corrected chi connectivity index (χ3v) is 4.57. The Balaban J connectivity index is 1.88. The number of carbonyl (C=O) groups is 1. The molecule has 0 spiro atoms. The number of nitrogens with two attached hydrogens (primary N) is 1. The minimum atomic E-state index is -0.715. The molecule has 1 atom stereocenters. The zero-order chi connectivity index (χ0) is 16.2. The van der Waals surface area contributed by atoms with Crippen LogP contribution in [0, 0.1) is 6.92 Å². The van der Waals surface area contributed by atoms with Crippen molar-refractivity contribution in [1.82, 2.24) is 9.80 Å². The van der Waals surface area contributed by atoms with Crippen molar-refractivity contribution in [3.8, 4) is 0 Å². The molecule has 0 radical (unpaired) electrons. The summed E-state index contributed by atoms with van der Waals surface area (Å²) in [5.74, 6) is 0.102. The molecule has 2 N–H and O–H groups in total. The largest absolute Gasteiger partial charge is 0.339 e. The first-order valence-corrected chi connectivity index (χ1v) is 8.29. The minimum Gasteiger partial charge on any atom is -0.339 e. The standard InChI is InChI=1S/C18H29N3O/c1-4-9-18(3,19)17(22)21-12-10-20(11-13-21)14-16-8-6-5-7-15(16)2/h5-8H,4,9-14,19H2,1-3H3. The van der Waals surface area contributed by atoms with Gasteiger partial charge in [0.25, 0.3) is 0 Å². The van der Waals surface area contributed by atoms with Crippen molar-refractivity contribution in [2.24, 2.45) is 5.73 Å². The normalized spacial score (nSPS) is 19.0. The molecule has 0 aromatic heterocycles. The third-order valence-electron chi connectivity index (χ3n) is 4.57. The molecule has 1 aliphatic rings.